The van der Waals surface area contributed by atoms with Crippen molar-refractivity contribution in [2.75, 3.05) is 32.2 Å². The normalized spacial score (nSPS) is 16.6. The van der Waals surface area contributed by atoms with Crippen LogP contribution in [-0.4, -0.2) is 37.9 Å². The van der Waals surface area contributed by atoms with Gasteiger partial charge in [-0.25, -0.2) is 0 Å². The van der Waals surface area contributed by atoms with Crippen molar-refractivity contribution in [3.8, 4) is 5.75 Å². The second-order valence-corrected chi connectivity index (χ2v) is 5.07. The van der Waals surface area contributed by atoms with E-state index in [-0.39, 0.29) is 13.2 Å². The van der Waals surface area contributed by atoms with Gasteiger partial charge in [0.2, 0.25) is 0 Å². The van der Waals surface area contributed by atoms with E-state index in [4.69, 9.17) is 9.47 Å². The quantitative estimate of drug-likeness (QED) is 0.850. The number of nitrogens with one attached hydrogen (secondary N) is 1. The maximum atomic E-state index is 11.2. The first-order valence-electron chi connectivity index (χ1n) is 6.19. The number of carboxylic acids is 1. The lowest BCUT2D eigenvalue weighted by molar-refractivity contribution is -0.176. The minimum absolute atomic E-state index is 0.267. The zero-order valence-electron chi connectivity index (χ0n) is 11.4. The summed E-state index contributed by atoms with van der Waals surface area (Å²) in [5.74, 6) is 0.0251. The first-order chi connectivity index (χ1) is 8.98. The van der Waals surface area contributed by atoms with Crippen LogP contribution < -0.4 is 10.1 Å². The Balaban J connectivity index is 2.11. The molecule has 104 valence electrons. The Bertz CT molecular complexity index is 494. The van der Waals surface area contributed by atoms with Gasteiger partial charge in [-0.15, -0.1) is 0 Å². The van der Waals surface area contributed by atoms with E-state index in [0.29, 0.717) is 6.54 Å². The molecule has 0 atom stereocenters. The number of hydrogen-bond acceptors (Lipinski definition) is 4. The second-order valence-electron chi connectivity index (χ2n) is 5.07. The van der Waals surface area contributed by atoms with Crippen LogP contribution in [0.15, 0.2) is 12.1 Å². The number of carbonyl (C=O) groups is 1. The van der Waals surface area contributed by atoms with E-state index in [1.165, 1.54) is 0 Å². The minimum Gasteiger partial charge on any atom is -0.496 e. The number of methoxy groups -OCH3 is 1. The van der Waals surface area contributed by atoms with Gasteiger partial charge in [-0.2, -0.15) is 0 Å². The van der Waals surface area contributed by atoms with Gasteiger partial charge in [-0.3, -0.25) is 4.79 Å². The summed E-state index contributed by atoms with van der Waals surface area (Å²) < 4.78 is 10.3. The Morgan fingerprint density at radius 2 is 2.11 bits per heavy atom. The van der Waals surface area contributed by atoms with Gasteiger partial charge in [0.1, 0.15) is 11.2 Å². The molecule has 1 aromatic carbocycles. The molecule has 0 amide bonds. The summed E-state index contributed by atoms with van der Waals surface area (Å²) in [4.78, 5) is 11.2. The van der Waals surface area contributed by atoms with Crippen molar-refractivity contribution in [1.82, 2.24) is 0 Å². The van der Waals surface area contributed by atoms with Crippen molar-refractivity contribution < 1.29 is 19.4 Å². The SMILES string of the molecule is COc1cc(C)c(NCC2(C(=O)O)COC2)cc1C. The van der Waals surface area contributed by atoms with Crippen LogP contribution in [0.2, 0.25) is 0 Å². The van der Waals surface area contributed by atoms with E-state index in [1.807, 2.05) is 26.0 Å². The molecule has 1 aliphatic rings. The molecule has 1 aromatic rings. The van der Waals surface area contributed by atoms with Gasteiger partial charge in [0.05, 0.1) is 20.3 Å². The number of ether oxygens (including phenoxy) is 2. The monoisotopic (exact) mass is 265 g/mol. The lowest BCUT2D eigenvalue weighted by atomic mass is 9.86. The average Bonchev–Trinajstić information content (AvgIpc) is 2.31. The molecule has 1 aliphatic heterocycles. The number of aryl methyl sites for hydroxylation is 2. The van der Waals surface area contributed by atoms with Crippen LogP contribution in [0, 0.1) is 19.3 Å². The maximum absolute atomic E-state index is 11.2. The first-order valence-corrected chi connectivity index (χ1v) is 6.19. The van der Waals surface area contributed by atoms with Crippen molar-refractivity contribution in [3.05, 3.63) is 23.3 Å². The Labute approximate surface area is 112 Å². The zero-order valence-corrected chi connectivity index (χ0v) is 11.4. The molecule has 0 spiro atoms. The summed E-state index contributed by atoms with van der Waals surface area (Å²) in [5.41, 5.74) is 2.19. The first kappa shape index (κ1) is 13.7. The molecule has 2 rings (SSSR count). The van der Waals surface area contributed by atoms with E-state index in [0.717, 1.165) is 22.6 Å². The van der Waals surface area contributed by atoms with E-state index >= 15 is 0 Å². The smallest absolute Gasteiger partial charge is 0.316 e. The van der Waals surface area contributed by atoms with Crippen LogP contribution in [0.4, 0.5) is 5.69 Å². The summed E-state index contributed by atoms with van der Waals surface area (Å²) >= 11 is 0. The fourth-order valence-corrected chi connectivity index (χ4v) is 2.11. The highest BCUT2D eigenvalue weighted by molar-refractivity contribution is 5.77. The van der Waals surface area contributed by atoms with Crippen LogP contribution in [0.1, 0.15) is 11.1 Å². The molecule has 5 nitrogen and oxygen atoms in total. The molecule has 0 unspecified atom stereocenters. The molecule has 1 fully saturated rings. The van der Waals surface area contributed by atoms with Crippen LogP contribution in [0.3, 0.4) is 0 Å². The fraction of sp³-hybridized carbons (Fsp3) is 0.500. The third-order valence-corrected chi connectivity index (χ3v) is 3.57. The van der Waals surface area contributed by atoms with Crippen molar-refractivity contribution in [3.63, 3.8) is 0 Å². The van der Waals surface area contributed by atoms with Gasteiger partial charge < -0.3 is 19.9 Å². The van der Waals surface area contributed by atoms with Crippen LogP contribution in [0.25, 0.3) is 0 Å². The molecule has 0 aliphatic carbocycles. The molecule has 0 radical (unpaired) electrons. The van der Waals surface area contributed by atoms with Gasteiger partial charge in [0.25, 0.3) is 0 Å². The standard InChI is InChI=1S/C14H19NO4/c1-9-5-12(18-3)10(2)4-11(9)15-6-14(13(16)17)7-19-8-14/h4-5,15H,6-8H2,1-3H3,(H,16,17). The molecular formula is C14H19NO4. The molecular weight excluding hydrogens is 246 g/mol. The van der Waals surface area contributed by atoms with E-state index in [9.17, 15) is 9.90 Å². The minimum atomic E-state index is -0.811. The highest BCUT2D eigenvalue weighted by Gasteiger charge is 2.46. The summed E-state index contributed by atoms with van der Waals surface area (Å²) in [6.45, 7) is 4.83. The topological polar surface area (TPSA) is 67.8 Å². The largest absolute Gasteiger partial charge is 0.496 e. The number of benzene rings is 1. The van der Waals surface area contributed by atoms with Gasteiger partial charge in [0.15, 0.2) is 0 Å². The predicted molar refractivity (Wildman–Crippen MR) is 71.8 cm³/mol. The van der Waals surface area contributed by atoms with Crippen LogP contribution in [-0.2, 0) is 9.53 Å². The number of aliphatic carboxylic acids is 1. The molecule has 0 saturated carbocycles. The average molecular weight is 265 g/mol. The summed E-state index contributed by atoms with van der Waals surface area (Å²) in [6, 6.07) is 3.92. The maximum Gasteiger partial charge on any atom is 0.316 e. The molecule has 0 aromatic heterocycles. The molecule has 5 heteroatoms. The Morgan fingerprint density at radius 1 is 1.42 bits per heavy atom. The molecule has 0 bridgehead atoms. The van der Waals surface area contributed by atoms with E-state index < -0.39 is 11.4 Å². The molecule has 2 N–H and O–H groups in total. The highest BCUT2D eigenvalue weighted by Crippen LogP contribution is 2.30. The van der Waals surface area contributed by atoms with E-state index in [2.05, 4.69) is 5.32 Å². The fourth-order valence-electron chi connectivity index (χ4n) is 2.11. The van der Waals surface area contributed by atoms with Gasteiger partial charge in [-0.1, -0.05) is 0 Å². The lowest BCUT2D eigenvalue weighted by Gasteiger charge is -2.37. The van der Waals surface area contributed by atoms with Crippen molar-refractivity contribution >= 4 is 11.7 Å². The zero-order chi connectivity index (χ0) is 14.0. The molecule has 1 heterocycles. The third-order valence-electron chi connectivity index (χ3n) is 3.57. The second kappa shape index (κ2) is 5.09. The number of carboxylic acid groups (broad SMARTS) is 1. The molecule has 19 heavy (non-hydrogen) atoms. The predicted octanol–water partition coefficient (Wildman–Crippen LogP) is 1.83. The number of anilines is 1. The summed E-state index contributed by atoms with van der Waals surface area (Å²) in [6.07, 6.45) is 0. The van der Waals surface area contributed by atoms with Crippen LogP contribution in [0.5, 0.6) is 5.75 Å². The summed E-state index contributed by atoms with van der Waals surface area (Å²) in [7, 11) is 1.64. The number of rotatable bonds is 5. The van der Waals surface area contributed by atoms with Crippen molar-refractivity contribution in [1.29, 1.82) is 0 Å². The summed E-state index contributed by atoms with van der Waals surface area (Å²) in [5, 5.41) is 12.4. The van der Waals surface area contributed by atoms with Gasteiger partial charge in [-0.05, 0) is 37.1 Å². The highest BCUT2D eigenvalue weighted by atomic mass is 16.5. The Kier molecular flexibility index (Phi) is 3.66. The van der Waals surface area contributed by atoms with Crippen molar-refractivity contribution in [2.45, 2.75) is 13.8 Å². The van der Waals surface area contributed by atoms with Crippen molar-refractivity contribution in [2.24, 2.45) is 5.41 Å². The van der Waals surface area contributed by atoms with E-state index in [1.54, 1.807) is 7.11 Å². The van der Waals surface area contributed by atoms with Crippen LogP contribution >= 0.6 is 0 Å². The van der Waals surface area contributed by atoms with Gasteiger partial charge in [0, 0.05) is 12.2 Å². The number of hydrogen-bond donors (Lipinski definition) is 2. The Morgan fingerprint density at radius 3 is 2.58 bits per heavy atom. The molecule has 1 saturated heterocycles. The Hall–Kier alpha value is -1.75. The lowest BCUT2D eigenvalue weighted by Crippen LogP contribution is -2.53. The third kappa shape index (κ3) is 2.51. The van der Waals surface area contributed by atoms with Gasteiger partial charge >= 0.3 is 5.97 Å².